The zero-order chi connectivity index (χ0) is 14.0. The highest BCUT2D eigenvalue weighted by Gasteiger charge is 2.42. The lowest BCUT2D eigenvalue weighted by Crippen LogP contribution is -2.33. The quantitative estimate of drug-likeness (QED) is 0.868. The lowest BCUT2D eigenvalue weighted by molar-refractivity contribution is 0.0215. The van der Waals surface area contributed by atoms with E-state index >= 15 is 0 Å². The number of aliphatic hydroxyl groups is 1. The second-order valence-corrected chi connectivity index (χ2v) is 6.23. The predicted octanol–water partition coefficient (Wildman–Crippen LogP) is 4.06. The molecule has 0 aliphatic heterocycles. The highest BCUT2D eigenvalue weighted by atomic mass is 16.3. The molecule has 19 heavy (non-hydrogen) atoms. The van der Waals surface area contributed by atoms with Gasteiger partial charge in [-0.3, -0.25) is 0 Å². The van der Waals surface area contributed by atoms with E-state index in [9.17, 15) is 10.4 Å². The largest absolute Gasteiger partial charge is 0.387 e. The number of hydrogen-bond acceptors (Lipinski definition) is 2. The van der Waals surface area contributed by atoms with E-state index in [-0.39, 0.29) is 0 Å². The first-order valence-corrected chi connectivity index (χ1v) is 7.15. The van der Waals surface area contributed by atoms with E-state index in [0.29, 0.717) is 5.92 Å². The average Bonchev–Trinajstić information content (AvgIpc) is 2.40. The average molecular weight is 257 g/mol. The van der Waals surface area contributed by atoms with Gasteiger partial charge < -0.3 is 5.11 Å². The van der Waals surface area contributed by atoms with Crippen LogP contribution in [0.4, 0.5) is 0 Å². The summed E-state index contributed by atoms with van der Waals surface area (Å²) in [5.41, 5.74) is 2.54. The number of hydrogen-bond donors (Lipinski definition) is 1. The number of nitrogens with zero attached hydrogens (tertiary/aromatic N) is 1. The van der Waals surface area contributed by atoms with Crippen molar-refractivity contribution in [2.75, 3.05) is 0 Å². The summed E-state index contributed by atoms with van der Waals surface area (Å²) < 4.78 is 0. The molecule has 1 aromatic rings. The van der Waals surface area contributed by atoms with Gasteiger partial charge >= 0.3 is 0 Å². The fraction of sp³-hybridized carbons (Fsp3) is 0.588. The van der Waals surface area contributed by atoms with Crippen molar-refractivity contribution < 1.29 is 5.11 Å². The first-order chi connectivity index (χ1) is 8.98. The minimum atomic E-state index is -0.667. The molecule has 3 unspecified atom stereocenters. The van der Waals surface area contributed by atoms with Gasteiger partial charge in [-0.1, -0.05) is 43.5 Å². The number of nitriles is 1. The number of aliphatic hydroxyl groups excluding tert-OH is 1. The molecule has 1 saturated carbocycles. The Bertz CT molecular complexity index is 502. The van der Waals surface area contributed by atoms with Gasteiger partial charge in [0.05, 0.1) is 17.6 Å². The van der Waals surface area contributed by atoms with Crippen LogP contribution in [0.3, 0.4) is 0 Å². The van der Waals surface area contributed by atoms with Crippen molar-refractivity contribution in [2.24, 2.45) is 11.3 Å². The van der Waals surface area contributed by atoms with Gasteiger partial charge in [0, 0.05) is 0 Å². The summed E-state index contributed by atoms with van der Waals surface area (Å²) >= 11 is 0. The molecule has 0 radical (unpaired) electrons. The first-order valence-electron chi connectivity index (χ1n) is 7.15. The molecule has 2 rings (SSSR count). The number of rotatable bonds is 2. The summed E-state index contributed by atoms with van der Waals surface area (Å²) in [6.07, 6.45) is 3.15. The molecule has 1 aromatic carbocycles. The predicted molar refractivity (Wildman–Crippen MR) is 76.6 cm³/mol. The third kappa shape index (κ3) is 2.67. The number of benzene rings is 1. The van der Waals surface area contributed by atoms with Gasteiger partial charge in [0.25, 0.3) is 0 Å². The molecule has 0 saturated heterocycles. The Morgan fingerprint density at radius 2 is 2.16 bits per heavy atom. The van der Waals surface area contributed by atoms with Gasteiger partial charge in [-0.2, -0.15) is 5.26 Å². The Morgan fingerprint density at radius 3 is 2.79 bits per heavy atom. The van der Waals surface area contributed by atoms with Crippen molar-refractivity contribution in [3.05, 3.63) is 34.9 Å². The molecule has 0 aromatic heterocycles. The fourth-order valence-corrected chi connectivity index (χ4v) is 3.36. The van der Waals surface area contributed by atoms with E-state index in [4.69, 9.17) is 0 Å². The van der Waals surface area contributed by atoms with E-state index in [2.05, 4.69) is 13.0 Å². The monoisotopic (exact) mass is 257 g/mol. The van der Waals surface area contributed by atoms with Crippen molar-refractivity contribution in [2.45, 2.75) is 52.6 Å². The second-order valence-electron chi connectivity index (χ2n) is 6.23. The molecule has 1 N–H and O–H groups in total. The molecule has 0 heterocycles. The molecule has 2 heteroatoms. The van der Waals surface area contributed by atoms with Crippen LogP contribution in [0.5, 0.6) is 0 Å². The molecule has 1 aliphatic carbocycles. The summed E-state index contributed by atoms with van der Waals surface area (Å²) in [5.74, 6) is 0.521. The Labute approximate surface area is 116 Å². The zero-order valence-corrected chi connectivity index (χ0v) is 12.1. The maximum Gasteiger partial charge on any atom is 0.0979 e. The Hall–Kier alpha value is -1.33. The minimum absolute atomic E-state index is 0.521. The highest BCUT2D eigenvalue weighted by molar-refractivity contribution is 5.34. The lowest BCUT2D eigenvalue weighted by atomic mass is 9.66. The van der Waals surface area contributed by atoms with E-state index in [0.717, 1.165) is 36.0 Å². The SMILES string of the molecule is Cc1ccc(C)c(C(O)C2(C#N)CCCC(C)C2)c1. The third-order valence-electron chi connectivity index (χ3n) is 4.51. The van der Waals surface area contributed by atoms with Crippen molar-refractivity contribution in [1.82, 2.24) is 0 Å². The van der Waals surface area contributed by atoms with Gasteiger partial charge in [0.15, 0.2) is 0 Å². The smallest absolute Gasteiger partial charge is 0.0979 e. The van der Waals surface area contributed by atoms with Gasteiger partial charge in [-0.25, -0.2) is 0 Å². The molecule has 0 bridgehead atoms. The maximum absolute atomic E-state index is 10.8. The molecule has 3 atom stereocenters. The third-order valence-corrected chi connectivity index (χ3v) is 4.51. The van der Waals surface area contributed by atoms with Gasteiger partial charge in [-0.15, -0.1) is 0 Å². The topological polar surface area (TPSA) is 44.0 Å². The summed E-state index contributed by atoms with van der Waals surface area (Å²) in [6.45, 7) is 6.22. The standard InChI is InChI=1S/C17H23NO/c1-12-6-7-14(3)15(9-12)16(19)17(11-18)8-4-5-13(2)10-17/h6-7,9,13,16,19H,4-5,8,10H2,1-3H3. The Morgan fingerprint density at radius 1 is 1.42 bits per heavy atom. The summed E-state index contributed by atoms with van der Waals surface area (Å²) in [4.78, 5) is 0. The molecular weight excluding hydrogens is 234 g/mol. The second kappa shape index (κ2) is 5.35. The minimum Gasteiger partial charge on any atom is -0.387 e. The van der Waals surface area contributed by atoms with Crippen LogP contribution in [0.2, 0.25) is 0 Å². The summed E-state index contributed by atoms with van der Waals surface area (Å²) in [7, 11) is 0. The van der Waals surface area contributed by atoms with Crippen LogP contribution >= 0.6 is 0 Å². The van der Waals surface area contributed by atoms with E-state index in [1.807, 2.05) is 32.0 Å². The van der Waals surface area contributed by atoms with Crippen LogP contribution in [0, 0.1) is 36.5 Å². The molecule has 2 nitrogen and oxygen atoms in total. The molecule has 0 spiro atoms. The zero-order valence-electron chi connectivity index (χ0n) is 12.1. The normalized spacial score (nSPS) is 28.7. The van der Waals surface area contributed by atoms with Crippen LogP contribution in [0.1, 0.15) is 55.4 Å². The molecule has 1 fully saturated rings. The summed E-state index contributed by atoms with van der Waals surface area (Å²) in [6, 6.07) is 8.55. The van der Waals surface area contributed by atoms with Gasteiger partial charge in [0.1, 0.15) is 0 Å². The van der Waals surface area contributed by atoms with Crippen molar-refractivity contribution in [3.8, 4) is 6.07 Å². The maximum atomic E-state index is 10.8. The van der Waals surface area contributed by atoms with Crippen molar-refractivity contribution in [1.29, 1.82) is 5.26 Å². The van der Waals surface area contributed by atoms with Crippen LogP contribution in [-0.4, -0.2) is 5.11 Å². The van der Waals surface area contributed by atoms with E-state index < -0.39 is 11.5 Å². The van der Waals surface area contributed by atoms with Gasteiger partial charge in [-0.05, 0) is 43.7 Å². The van der Waals surface area contributed by atoms with Crippen molar-refractivity contribution in [3.63, 3.8) is 0 Å². The van der Waals surface area contributed by atoms with Crippen LogP contribution < -0.4 is 0 Å². The van der Waals surface area contributed by atoms with Crippen LogP contribution in [0.15, 0.2) is 18.2 Å². The summed E-state index contributed by atoms with van der Waals surface area (Å²) in [5, 5.41) is 20.4. The molecule has 1 aliphatic rings. The van der Waals surface area contributed by atoms with Crippen LogP contribution in [-0.2, 0) is 0 Å². The Kier molecular flexibility index (Phi) is 3.96. The van der Waals surface area contributed by atoms with Crippen LogP contribution in [0.25, 0.3) is 0 Å². The number of aryl methyl sites for hydroxylation is 2. The highest BCUT2D eigenvalue weighted by Crippen LogP contribution is 2.48. The van der Waals surface area contributed by atoms with E-state index in [1.54, 1.807) is 0 Å². The molecule has 102 valence electrons. The molecule has 0 amide bonds. The lowest BCUT2D eigenvalue weighted by Gasteiger charge is -2.38. The fourth-order valence-electron chi connectivity index (χ4n) is 3.36. The van der Waals surface area contributed by atoms with E-state index in [1.165, 1.54) is 6.42 Å². The molecular formula is C17H23NO. The van der Waals surface area contributed by atoms with Crippen molar-refractivity contribution >= 4 is 0 Å². The first kappa shape index (κ1) is 14.1. The van der Waals surface area contributed by atoms with Gasteiger partial charge in [0.2, 0.25) is 0 Å². The Balaban J connectivity index is 2.38.